The monoisotopic (exact) mass is 338 g/mol. The van der Waals surface area contributed by atoms with Gasteiger partial charge in [0.05, 0.1) is 4.88 Å². The molecule has 2 heteroatoms. The van der Waals surface area contributed by atoms with E-state index in [-0.39, 0.29) is 16.6 Å². The number of carbonyl (C=O) groups excluding carboxylic acids is 1. The van der Waals surface area contributed by atoms with Crippen LogP contribution in [0.3, 0.4) is 0 Å². The summed E-state index contributed by atoms with van der Waals surface area (Å²) in [6.07, 6.45) is 4.14. The molecule has 1 aromatic carbocycles. The minimum atomic E-state index is 0.120. The van der Waals surface area contributed by atoms with Crippen LogP contribution in [0.5, 0.6) is 0 Å². The third-order valence-electron chi connectivity index (χ3n) is 5.49. The van der Waals surface area contributed by atoms with Crippen molar-refractivity contribution in [3.8, 4) is 0 Å². The lowest BCUT2D eigenvalue weighted by Crippen LogP contribution is -2.34. The summed E-state index contributed by atoms with van der Waals surface area (Å²) in [5.41, 5.74) is 4.97. The highest BCUT2D eigenvalue weighted by Gasteiger charge is 2.37. The second-order valence-corrected chi connectivity index (χ2v) is 9.33. The summed E-state index contributed by atoms with van der Waals surface area (Å²) in [5, 5.41) is 0. The molecule has 0 fully saturated rings. The number of carbonyl (C=O) groups is 1. The first-order chi connectivity index (χ1) is 11.2. The van der Waals surface area contributed by atoms with Gasteiger partial charge in [-0.2, -0.15) is 0 Å². The molecular weight excluding hydrogens is 312 g/mol. The highest BCUT2D eigenvalue weighted by atomic mass is 32.1. The Morgan fingerprint density at radius 3 is 2.21 bits per heavy atom. The lowest BCUT2D eigenvalue weighted by molar-refractivity contribution is 0.104. The van der Waals surface area contributed by atoms with Gasteiger partial charge in [-0.1, -0.05) is 46.4 Å². The predicted molar refractivity (Wildman–Crippen MR) is 104 cm³/mol. The minimum Gasteiger partial charge on any atom is -0.288 e. The summed E-state index contributed by atoms with van der Waals surface area (Å²) in [4.78, 5) is 14.9. The summed E-state index contributed by atoms with van der Waals surface area (Å²) < 4.78 is 0. The normalized spacial score (nSPS) is 18.0. The van der Waals surface area contributed by atoms with Crippen molar-refractivity contribution in [3.05, 3.63) is 62.9 Å². The van der Waals surface area contributed by atoms with Crippen molar-refractivity contribution in [2.45, 2.75) is 58.3 Å². The maximum atomic E-state index is 13.0. The highest BCUT2D eigenvalue weighted by Crippen LogP contribution is 2.46. The van der Waals surface area contributed by atoms with Crippen LogP contribution in [0.1, 0.15) is 77.3 Å². The van der Waals surface area contributed by atoms with Gasteiger partial charge in [-0.3, -0.25) is 4.79 Å². The van der Waals surface area contributed by atoms with Gasteiger partial charge in [0.15, 0.2) is 0 Å². The van der Waals surface area contributed by atoms with Crippen LogP contribution in [0.2, 0.25) is 0 Å². The van der Waals surface area contributed by atoms with Crippen molar-refractivity contribution in [3.63, 3.8) is 0 Å². The van der Waals surface area contributed by atoms with E-state index in [1.807, 2.05) is 12.1 Å². The molecule has 1 aliphatic carbocycles. The smallest absolute Gasteiger partial charge is 0.203 e. The molecule has 0 unspecified atom stereocenters. The van der Waals surface area contributed by atoms with Crippen molar-refractivity contribution >= 4 is 23.2 Å². The molecule has 0 amide bonds. The third-order valence-corrected chi connectivity index (χ3v) is 6.57. The average Bonchev–Trinajstić information content (AvgIpc) is 3.00. The molecule has 0 atom stereocenters. The summed E-state index contributed by atoms with van der Waals surface area (Å²) in [7, 11) is 0. The molecule has 0 bridgehead atoms. The van der Waals surface area contributed by atoms with E-state index in [9.17, 15) is 4.79 Å². The second kappa shape index (κ2) is 5.70. The molecule has 1 aliphatic rings. The first-order valence-corrected chi connectivity index (χ1v) is 9.40. The molecule has 1 heterocycles. The number of hydrogen-bond acceptors (Lipinski definition) is 2. The Labute approximate surface area is 149 Å². The van der Waals surface area contributed by atoms with E-state index in [1.165, 1.54) is 28.9 Å². The molecule has 24 heavy (non-hydrogen) atoms. The van der Waals surface area contributed by atoms with Crippen molar-refractivity contribution < 1.29 is 4.79 Å². The van der Waals surface area contributed by atoms with Crippen LogP contribution in [0.15, 0.2) is 30.8 Å². The molecule has 0 saturated carbocycles. The number of benzene rings is 1. The molecule has 126 valence electrons. The zero-order valence-corrected chi connectivity index (χ0v) is 16.1. The lowest BCUT2D eigenvalue weighted by Gasteiger charge is -2.42. The second-order valence-electron chi connectivity index (χ2n) is 8.22. The summed E-state index contributed by atoms with van der Waals surface area (Å²) in [5.74, 6) is 0.132. The maximum Gasteiger partial charge on any atom is 0.203 e. The fourth-order valence-electron chi connectivity index (χ4n) is 3.68. The van der Waals surface area contributed by atoms with Crippen LogP contribution in [0, 0.1) is 6.92 Å². The molecule has 1 nitrogen and oxygen atoms in total. The van der Waals surface area contributed by atoms with Gasteiger partial charge < -0.3 is 0 Å². The van der Waals surface area contributed by atoms with Crippen molar-refractivity contribution in [1.29, 1.82) is 0 Å². The Bertz CT molecular complexity index is 820. The first-order valence-electron chi connectivity index (χ1n) is 8.58. The van der Waals surface area contributed by atoms with Crippen LogP contribution in [0.4, 0.5) is 0 Å². The molecule has 3 rings (SSSR count). The Balaban J connectivity index is 2.14. The lowest BCUT2D eigenvalue weighted by atomic mass is 9.62. The van der Waals surface area contributed by atoms with E-state index in [0.717, 1.165) is 27.3 Å². The van der Waals surface area contributed by atoms with E-state index in [0.29, 0.717) is 0 Å². The molecule has 1 aromatic heterocycles. The first kappa shape index (κ1) is 17.2. The molecule has 0 radical (unpaired) electrons. The number of ketones is 1. The van der Waals surface area contributed by atoms with Gasteiger partial charge in [0.2, 0.25) is 5.78 Å². The Morgan fingerprint density at radius 1 is 1.08 bits per heavy atom. The summed E-state index contributed by atoms with van der Waals surface area (Å²) >= 11 is 1.51. The van der Waals surface area contributed by atoms with E-state index in [1.54, 1.807) is 6.08 Å². The van der Waals surface area contributed by atoms with Gasteiger partial charge in [0.25, 0.3) is 0 Å². The number of thiophene rings is 1. The summed E-state index contributed by atoms with van der Waals surface area (Å²) in [6, 6.07) is 8.30. The van der Waals surface area contributed by atoms with Crippen LogP contribution in [-0.4, -0.2) is 5.78 Å². The van der Waals surface area contributed by atoms with E-state index in [4.69, 9.17) is 0 Å². The van der Waals surface area contributed by atoms with Gasteiger partial charge in [-0.05, 0) is 65.5 Å². The Kier molecular flexibility index (Phi) is 4.08. The van der Waals surface area contributed by atoms with E-state index in [2.05, 4.69) is 53.3 Å². The third kappa shape index (κ3) is 2.77. The largest absolute Gasteiger partial charge is 0.288 e. The van der Waals surface area contributed by atoms with Gasteiger partial charge in [-0.25, -0.2) is 0 Å². The summed E-state index contributed by atoms with van der Waals surface area (Å²) in [6.45, 7) is 15.1. The molecule has 0 saturated heterocycles. The number of hydrogen-bond donors (Lipinski definition) is 0. The van der Waals surface area contributed by atoms with E-state index >= 15 is 0 Å². The number of rotatable bonds is 3. The quantitative estimate of drug-likeness (QED) is 0.602. The Hall–Kier alpha value is -1.67. The van der Waals surface area contributed by atoms with Crippen molar-refractivity contribution in [1.82, 2.24) is 0 Å². The van der Waals surface area contributed by atoms with Crippen LogP contribution >= 0.6 is 11.3 Å². The predicted octanol–water partition coefficient (Wildman–Crippen LogP) is 6.28. The average molecular weight is 339 g/mol. The van der Waals surface area contributed by atoms with Gasteiger partial charge in [0, 0.05) is 10.4 Å². The fraction of sp³-hybridized carbons (Fsp3) is 0.409. The number of fused-ring (bicyclic) bond motifs is 1. The highest BCUT2D eigenvalue weighted by molar-refractivity contribution is 7.15. The van der Waals surface area contributed by atoms with Gasteiger partial charge >= 0.3 is 0 Å². The maximum absolute atomic E-state index is 13.0. The van der Waals surface area contributed by atoms with Crippen molar-refractivity contribution in [2.24, 2.45) is 0 Å². The van der Waals surface area contributed by atoms with Gasteiger partial charge in [-0.15, -0.1) is 11.3 Å². The minimum absolute atomic E-state index is 0.120. The van der Waals surface area contributed by atoms with E-state index < -0.39 is 0 Å². The zero-order valence-electron chi connectivity index (χ0n) is 15.3. The molecule has 2 aromatic rings. The molecule has 0 aliphatic heterocycles. The number of aryl methyl sites for hydroxylation is 1. The van der Waals surface area contributed by atoms with Crippen LogP contribution in [-0.2, 0) is 10.8 Å². The molecule has 0 spiro atoms. The molecular formula is C22H26OS. The van der Waals surface area contributed by atoms with Gasteiger partial charge in [0.1, 0.15) is 0 Å². The zero-order chi connectivity index (χ0) is 17.7. The SMILES string of the molecule is C=Cc1ccc(C(=O)c2cc3c(cc2C)C(C)(C)CCC3(C)C)s1. The van der Waals surface area contributed by atoms with Crippen molar-refractivity contribution in [2.75, 3.05) is 0 Å². The van der Waals surface area contributed by atoms with Crippen LogP contribution < -0.4 is 0 Å². The molecule has 0 N–H and O–H groups in total. The topological polar surface area (TPSA) is 17.1 Å². The standard InChI is InChI=1S/C22H26OS/c1-7-15-8-9-19(24-15)20(23)16-13-18-17(12-14(16)2)21(3,4)10-11-22(18,5)6/h7-9,12-13H,1,10-11H2,2-6H3. The Morgan fingerprint density at radius 2 is 1.67 bits per heavy atom. The fourth-order valence-corrected chi connectivity index (χ4v) is 4.50. The van der Waals surface area contributed by atoms with Crippen LogP contribution in [0.25, 0.3) is 6.08 Å².